The van der Waals surface area contributed by atoms with Crippen molar-refractivity contribution in [3.05, 3.63) is 45.3 Å². The summed E-state index contributed by atoms with van der Waals surface area (Å²) in [7, 11) is 0. The molecule has 0 fully saturated rings. The van der Waals surface area contributed by atoms with Crippen molar-refractivity contribution in [3.63, 3.8) is 0 Å². The van der Waals surface area contributed by atoms with E-state index in [1.807, 2.05) is 0 Å². The molecular weight excluding hydrogens is 477 g/mol. The Balaban J connectivity index is 0.00000108. The molecule has 0 aliphatic carbocycles. The fourth-order valence-electron chi connectivity index (χ4n) is 1.63. The van der Waals surface area contributed by atoms with E-state index in [2.05, 4.69) is 73.6 Å². The van der Waals surface area contributed by atoms with Crippen molar-refractivity contribution in [3.8, 4) is 0 Å². The predicted octanol–water partition coefficient (Wildman–Crippen LogP) is -0.0724. The van der Waals surface area contributed by atoms with Gasteiger partial charge in [-0.2, -0.15) is 0 Å². The molecule has 5 heteroatoms. The fraction of sp³-hybridized carbons (Fsp3) is 0. The van der Waals surface area contributed by atoms with E-state index in [4.69, 9.17) is 0 Å². The van der Waals surface area contributed by atoms with Crippen molar-refractivity contribution < 1.29 is 17.0 Å². The van der Waals surface area contributed by atoms with E-state index in [-0.39, 0.29) is 17.0 Å². The zero-order valence-corrected chi connectivity index (χ0v) is 15.0. The molecule has 0 unspecified atom stereocenters. The van der Waals surface area contributed by atoms with Gasteiger partial charge in [-0.25, -0.2) is 0 Å². The first-order chi connectivity index (χ1) is 7.72. The molecule has 1 aliphatic rings. The second-order valence-corrected chi connectivity index (χ2v) is 7.61. The van der Waals surface area contributed by atoms with Crippen molar-refractivity contribution in [2.24, 2.45) is 0 Å². The van der Waals surface area contributed by atoms with E-state index in [1.54, 1.807) is 0 Å². The maximum Gasteiger partial charge on any atom is -1.00 e. The van der Waals surface area contributed by atoms with Gasteiger partial charge in [0.05, 0.1) is 0 Å². The van der Waals surface area contributed by atoms with Crippen molar-refractivity contribution in [2.75, 3.05) is 5.32 Å². The Labute approximate surface area is 134 Å². The van der Waals surface area contributed by atoms with Gasteiger partial charge in [-0.3, -0.25) is 0 Å². The molecule has 2 aromatic rings. The molecule has 0 amide bonds. The van der Waals surface area contributed by atoms with Gasteiger partial charge in [-0.05, 0) is 0 Å². The molecule has 1 radical (unpaired) electrons. The molecule has 0 atom stereocenters. The third-order valence-corrected chi connectivity index (χ3v) is 5.70. The fourth-order valence-corrected chi connectivity index (χ4v) is 5.27. The number of nitrogens with one attached hydrogen (secondary N) is 1. The van der Waals surface area contributed by atoms with Crippen LogP contribution in [0.4, 0.5) is 11.4 Å². The molecule has 0 saturated carbocycles. The van der Waals surface area contributed by atoms with Crippen LogP contribution in [0.5, 0.6) is 0 Å². The van der Waals surface area contributed by atoms with E-state index >= 15 is 0 Å². The maximum atomic E-state index is 3.52. The van der Waals surface area contributed by atoms with Gasteiger partial charge in [0.25, 0.3) is 0 Å². The zero-order chi connectivity index (χ0) is 11.1. The van der Waals surface area contributed by atoms with Gasteiger partial charge in [0.2, 0.25) is 0 Å². The summed E-state index contributed by atoms with van der Waals surface area (Å²) in [5.74, 6) is 0. The Morgan fingerprint density at radius 1 is 0.824 bits per heavy atom. The molecule has 1 aliphatic heterocycles. The molecule has 1 N–H and O–H groups in total. The number of rotatable bonds is 0. The average molecular weight is 484 g/mol. The van der Waals surface area contributed by atoms with Gasteiger partial charge in [0.15, 0.2) is 0 Å². The second kappa shape index (κ2) is 5.45. The molecule has 1 heterocycles. The van der Waals surface area contributed by atoms with Gasteiger partial charge in [0.1, 0.15) is 0 Å². The van der Waals surface area contributed by atoms with Crippen molar-refractivity contribution in [2.45, 2.75) is 0 Å². The van der Waals surface area contributed by atoms with Crippen LogP contribution in [-0.4, -0.2) is 15.0 Å². The first-order valence-corrected chi connectivity index (χ1v) is 8.06. The van der Waals surface area contributed by atoms with Gasteiger partial charge in [-0.1, -0.05) is 0 Å². The predicted molar refractivity (Wildman–Crippen MR) is 76.6 cm³/mol. The van der Waals surface area contributed by atoms with Crippen LogP contribution < -0.4 is 31.2 Å². The molecule has 1 nitrogen and oxygen atoms in total. The Kier molecular flexibility index (Phi) is 4.37. The van der Waals surface area contributed by atoms with E-state index in [1.165, 1.54) is 20.3 Å². The number of halogens is 3. The Hall–Kier alpha value is 0.199. The summed E-state index contributed by atoms with van der Waals surface area (Å²) in [6.45, 7) is 0. The quantitative estimate of drug-likeness (QED) is 0.442. The van der Waals surface area contributed by atoms with Crippen LogP contribution in [0.1, 0.15) is 0 Å². The van der Waals surface area contributed by atoms with Gasteiger partial charge in [0, 0.05) is 0 Å². The molecule has 2 aromatic carbocycles. The molecule has 3 rings (SSSR count). The third-order valence-electron chi connectivity index (χ3n) is 2.38. The van der Waals surface area contributed by atoms with Gasteiger partial charge >= 0.3 is 118 Å². The number of benzene rings is 2. The molecule has 87 valence electrons. The Morgan fingerprint density at radius 2 is 1.29 bits per heavy atom. The van der Waals surface area contributed by atoms with Crippen LogP contribution in [0.15, 0.2) is 45.3 Å². The Morgan fingerprint density at radius 3 is 1.76 bits per heavy atom. The Bertz CT molecular complexity index is 522. The number of fused-ring (bicyclic) bond motifs is 2. The zero-order valence-electron chi connectivity index (χ0n) is 8.51. The van der Waals surface area contributed by atoms with Crippen molar-refractivity contribution >= 4 is 67.1 Å². The minimum Gasteiger partial charge on any atom is -1.00 e. The van der Waals surface area contributed by atoms with Gasteiger partial charge in [-0.15, -0.1) is 0 Å². The van der Waals surface area contributed by atoms with Gasteiger partial charge < -0.3 is 17.0 Å². The molecular formula is C12H7Br3NSe. The third kappa shape index (κ3) is 2.79. The molecule has 0 bridgehead atoms. The molecule has 17 heavy (non-hydrogen) atoms. The summed E-state index contributed by atoms with van der Waals surface area (Å²) < 4.78 is 5.08. The van der Waals surface area contributed by atoms with E-state index < -0.39 is 0 Å². The largest absolute Gasteiger partial charge is 1.00 e. The van der Waals surface area contributed by atoms with Crippen LogP contribution in [0, 0.1) is 0 Å². The SMILES string of the molecule is Brc1ccc2c(c1)[Se+]c1cc(Br)ccc1N2.[Br-]. The minimum atomic E-state index is 0. The van der Waals surface area contributed by atoms with E-state index in [0.717, 1.165) is 8.95 Å². The van der Waals surface area contributed by atoms with Crippen LogP contribution in [-0.2, 0) is 0 Å². The van der Waals surface area contributed by atoms with Crippen molar-refractivity contribution in [1.29, 1.82) is 0 Å². The monoisotopic (exact) mass is 482 g/mol. The number of hydrogen-bond acceptors (Lipinski definition) is 1. The van der Waals surface area contributed by atoms with Crippen molar-refractivity contribution in [1.82, 2.24) is 0 Å². The molecule has 0 aromatic heterocycles. The van der Waals surface area contributed by atoms with Crippen LogP contribution in [0.2, 0.25) is 0 Å². The minimum absolute atomic E-state index is 0. The number of anilines is 2. The second-order valence-electron chi connectivity index (χ2n) is 3.51. The van der Waals surface area contributed by atoms with E-state index in [9.17, 15) is 0 Å². The molecule has 0 spiro atoms. The topological polar surface area (TPSA) is 12.0 Å². The average Bonchev–Trinajstić information content (AvgIpc) is 2.26. The smallest absolute Gasteiger partial charge is 1.00 e. The summed E-state index contributed by atoms with van der Waals surface area (Å²) >= 11 is 7.41. The normalized spacial score (nSPS) is 11.9. The van der Waals surface area contributed by atoms with Crippen LogP contribution in [0.3, 0.4) is 0 Å². The first-order valence-electron chi connectivity index (χ1n) is 4.76. The summed E-state index contributed by atoms with van der Waals surface area (Å²) in [6, 6.07) is 12.8. The van der Waals surface area contributed by atoms with Crippen LogP contribution >= 0.6 is 31.9 Å². The number of hydrogen-bond donors (Lipinski definition) is 1. The molecule has 0 saturated heterocycles. The standard InChI is InChI=1S/C12H7Br2NSe.BrH/c13-7-1-3-9-11(5-7)16-12-6-8(14)2-4-10(12)15-9;/h1-6,15H;1H/q+1;/p-1. The van der Waals surface area contributed by atoms with E-state index in [0.29, 0.717) is 15.0 Å². The summed E-state index contributed by atoms with van der Waals surface area (Å²) in [5, 5.41) is 3.47. The first kappa shape index (κ1) is 13.6. The maximum absolute atomic E-state index is 3.52. The summed E-state index contributed by atoms with van der Waals surface area (Å²) in [6.07, 6.45) is 0. The summed E-state index contributed by atoms with van der Waals surface area (Å²) in [5.41, 5.74) is 2.47. The van der Waals surface area contributed by atoms with Crippen LogP contribution in [0.25, 0.3) is 0 Å². The summed E-state index contributed by atoms with van der Waals surface area (Å²) in [4.78, 5) is 0.